The highest BCUT2D eigenvalue weighted by Gasteiger charge is 2.16. The second-order valence-electron chi connectivity index (χ2n) is 5.56. The van der Waals surface area contributed by atoms with Crippen molar-refractivity contribution in [1.29, 1.82) is 0 Å². The second-order valence-corrected chi connectivity index (χ2v) is 5.98. The third-order valence-electron chi connectivity index (χ3n) is 3.81. The van der Waals surface area contributed by atoms with Gasteiger partial charge in [-0.15, -0.1) is 0 Å². The zero-order valence-corrected chi connectivity index (χ0v) is 14.1. The van der Waals surface area contributed by atoms with Crippen LogP contribution in [0.3, 0.4) is 0 Å². The Morgan fingerprint density at radius 3 is 2.12 bits per heavy atom. The van der Waals surface area contributed by atoms with E-state index in [0.717, 1.165) is 23.4 Å². The van der Waals surface area contributed by atoms with Crippen molar-refractivity contribution in [3.8, 4) is 0 Å². The van der Waals surface area contributed by atoms with Gasteiger partial charge in [-0.1, -0.05) is 66.7 Å². The number of hydrogen-bond acceptors (Lipinski definition) is 2. The van der Waals surface area contributed by atoms with E-state index < -0.39 is 0 Å². The molecule has 24 heavy (non-hydrogen) atoms. The first-order valence-corrected chi connectivity index (χ1v) is 8.23. The minimum absolute atomic E-state index is 0.326. The van der Waals surface area contributed by atoms with Gasteiger partial charge in [0.15, 0.2) is 5.11 Å². The number of thiocarbonyl (C=S) groups is 1. The first kappa shape index (κ1) is 16.1. The Labute approximate surface area is 147 Å². The maximum atomic E-state index is 6.00. The Balaban J connectivity index is 1.92. The topological polar surface area (TPSA) is 42.1 Å². The van der Waals surface area contributed by atoms with Gasteiger partial charge in [0.25, 0.3) is 0 Å². The summed E-state index contributed by atoms with van der Waals surface area (Å²) in [6.07, 6.45) is 2.57. The molecule has 0 bridgehead atoms. The van der Waals surface area contributed by atoms with Gasteiger partial charge in [-0.25, -0.2) is 4.98 Å². The summed E-state index contributed by atoms with van der Waals surface area (Å²) in [5.74, 6) is 0.817. The van der Waals surface area contributed by atoms with Crippen LogP contribution in [0.4, 0.5) is 5.82 Å². The van der Waals surface area contributed by atoms with Crippen LogP contribution in [0.5, 0.6) is 0 Å². The third kappa shape index (κ3) is 3.97. The van der Waals surface area contributed by atoms with Gasteiger partial charge in [0.1, 0.15) is 5.82 Å². The van der Waals surface area contributed by atoms with Crippen LogP contribution in [-0.4, -0.2) is 10.1 Å². The molecule has 3 rings (SSSR count). The summed E-state index contributed by atoms with van der Waals surface area (Å²) in [5, 5.41) is 0.326. The lowest BCUT2D eigenvalue weighted by molar-refractivity contribution is 0.957. The van der Waals surface area contributed by atoms with Crippen LogP contribution in [0, 0.1) is 0 Å². The van der Waals surface area contributed by atoms with Crippen LogP contribution in [0.25, 0.3) is 0 Å². The SMILES string of the molecule is NC(=S)N(Cc1ccccc1)c1ncccc1Cc1ccccc1. The molecule has 0 aliphatic heterocycles. The molecule has 1 aromatic heterocycles. The third-order valence-corrected chi connectivity index (χ3v) is 4.03. The van der Waals surface area contributed by atoms with Crippen molar-refractivity contribution in [2.45, 2.75) is 13.0 Å². The number of pyridine rings is 1. The molecule has 0 fully saturated rings. The highest BCUT2D eigenvalue weighted by molar-refractivity contribution is 7.80. The molecular weight excluding hydrogens is 314 g/mol. The van der Waals surface area contributed by atoms with Gasteiger partial charge in [0.05, 0.1) is 6.54 Å². The van der Waals surface area contributed by atoms with Crippen molar-refractivity contribution in [3.05, 3.63) is 95.7 Å². The molecule has 0 unspecified atom stereocenters. The summed E-state index contributed by atoms with van der Waals surface area (Å²) < 4.78 is 0. The lowest BCUT2D eigenvalue weighted by atomic mass is 10.1. The fourth-order valence-electron chi connectivity index (χ4n) is 2.65. The molecule has 3 nitrogen and oxygen atoms in total. The lowest BCUT2D eigenvalue weighted by Crippen LogP contribution is -2.36. The molecule has 0 amide bonds. The van der Waals surface area contributed by atoms with Gasteiger partial charge >= 0.3 is 0 Å². The van der Waals surface area contributed by atoms with Crippen LogP contribution < -0.4 is 10.6 Å². The van der Waals surface area contributed by atoms with Gasteiger partial charge in [0.2, 0.25) is 0 Å². The van der Waals surface area contributed by atoms with Crippen LogP contribution in [-0.2, 0) is 13.0 Å². The van der Waals surface area contributed by atoms with Crippen LogP contribution in [0.1, 0.15) is 16.7 Å². The number of nitrogens with two attached hydrogens (primary N) is 1. The zero-order valence-electron chi connectivity index (χ0n) is 13.3. The van der Waals surface area contributed by atoms with Crippen molar-refractivity contribution in [3.63, 3.8) is 0 Å². The van der Waals surface area contributed by atoms with E-state index in [4.69, 9.17) is 18.0 Å². The van der Waals surface area contributed by atoms with Gasteiger partial charge in [-0.05, 0) is 35.0 Å². The zero-order chi connectivity index (χ0) is 16.8. The molecule has 0 spiro atoms. The van der Waals surface area contributed by atoms with Gasteiger partial charge < -0.3 is 5.73 Å². The minimum Gasteiger partial charge on any atom is -0.376 e. The molecule has 0 saturated heterocycles. The molecule has 3 aromatic rings. The van der Waals surface area contributed by atoms with Crippen LogP contribution in [0.15, 0.2) is 79.0 Å². The van der Waals surface area contributed by atoms with E-state index in [2.05, 4.69) is 35.3 Å². The van der Waals surface area contributed by atoms with Crippen molar-refractivity contribution in [2.24, 2.45) is 5.73 Å². The quantitative estimate of drug-likeness (QED) is 0.719. The van der Waals surface area contributed by atoms with Gasteiger partial charge in [-0.3, -0.25) is 4.90 Å². The van der Waals surface area contributed by atoms with Crippen molar-refractivity contribution in [2.75, 3.05) is 4.90 Å². The molecule has 2 N–H and O–H groups in total. The van der Waals surface area contributed by atoms with Crippen LogP contribution >= 0.6 is 12.2 Å². The second kappa shape index (κ2) is 7.70. The van der Waals surface area contributed by atoms with Crippen molar-refractivity contribution >= 4 is 23.1 Å². The maximum Gasteiger partial charge on any atom is 0.172 e. The number of nitrogens with zero attached hydrogens (tertiary/aromatic N) is 2. The maximum absolute atomic E-state index is 6.00. The molecule has 120 valence electrons. The Morgan fingerprint density at radius 2 is 1.50 bits per heavy atom. The van der Waals surface area contributed by atoms with E-state index in [-0.39, 0.29) is 0 Å². The fraction of sp³-hybridized carbons (Fsp3) is 0.100. The molecule has 0 radical (unpaired) electrons. The number of anilines is 1. The molecule has 0 aliphatic rings. The first-order chi connectivity index (χ1) is 11.7. The Morgan fingerprint density at radius 1 is 0.875 bits per heavy atom. The standard InChI is InChI=1S/C20H19N3S/c21-20(24)23(15-17-10-5-2-6-11-17)19-18(12-7-13-22-19)14-16-8-3-1-4-9-16/h1-13H,14-15H2,(H2,21,24). The summed E-state index contributed by atoms with van der Waals surface area (Å²) in [7, 11) is 0. The largest absolute Gasteiger partial charge is 0.376 e. The number of rotatable bonds is 5. The molecule has 1 heterocycles. The summed E-state index contributed by atoms with van der Waals surface area (Å²) >= 11 is 5.29. The van der Waals surface area contributed by atoms with Crippen LogP contribution in [0.2, 0.25) is 0 Å². The fourth-order valence-corrected chi connectivity index (χ4v) is 2.80. The molecule has 0 saturated carbocycles. The van der Waals surface area contributed by atoms with E-state index in [1.165, 1.54) is 5.56 Å². The Bertz CT molecular complexity index is 803. The summed E-state index contributed by atoms with van der Waals surface area (Å²) in [6, 6.07) is 24.5. The summed E-state index contributed by atoms with van der Waals surface area (Å²) in [4.78, 5) is 6.44. The predicted octanol–water partition coefficient (Wildman–Crippen LogP) is 3.92. The van der Waals surface area contributed by atoms with Gasteiger partial charge in [-0.2, -0.15) is 0 Å². The van der Waals surface area contributed by atoms with E-state index in [0.29, 0.717) is 11.7 Å². The number of aromatic nitrogens is 1. The molecular formula is C20H19N3S. The van der Waals surface area contributed by atoms with E-state index in [9.17, 15) is 0 Å². The normalized spacial score (nSPS) is 10.3. The monoisotopic (exact) mass is 333 g/mol. The predicted molar refractivity (Wildman–Crippen MR) is 103 cm³/mol. The van der Waals surface area contributed by atoms with Crippen molar-refractivity contribution in [1.82, 2.24) is 4.98 Å². The molecule has 0 aliphatic carbocycles. The number of hydrogen-bond donors (Lipinski definition) is 1. The average Bonchev–Trinajstić information content (AvgIpc) is 2.62. The van der Waals surface area contributed by atoms with Gasteiger partial charge in [0, 0.05) is 12.6 Å². The first-order valence-electron chi connectivity index (χ1n) is 7.83. The molecule has 0 atom stereocenters. The summed E-state index contributed by atoms with van der Waals surface area (Å²) in [6.45, 7) is 0.606. The summed E-state index contributed by atoms with van der Waals surface area (Å²) in [5.41, 5.74) is 9.47. The minimum atomic E-state index is 0.326. The smallest absolute Gasteiger partial charge is 0.172 e. The number of benzene rings is 2. The molecule has 4 heteroatoms. The van der Waals surface area contributed by atoms with E-state index >= 15 is 0 Å². The highest BCUT2D eigenvalue weighted by Crippen LogP contribution is 2.22. The Kier molecular flexibility index (Phi) is 5.18. The lowest BCUT2D eigenvalue weighted by Gasteiger charge is -2.24. The average molecular weight is 333 g/mol. The Hall–Kier alpha value is -2.72. The molecule has 2 aromatic carbocycles. The highest BCUT2D eigenvalue weighted by atomic mass is 32.1. The van der Waals surface area contributed by atoms with Crippen molar-refractivity contribution < 1.29 is 0 Å². The van der Waals surface area contributed by atoms with E-state index in [1.807, 2.05) is 47.4 Å². The van der Waals surface area contributed by atoms with E-state index in [1.54, 1.807) is 6.20 Å².